The topological polar surface area (TPSA) is 38.8 Å². The van der Waals surface area contributed by atoms with Gasteiger partial charge in [-0.15, -0.1) is 0 Å². The van der Waals surface area contributed by atoms with E-state index in [1.807, 2.05) is 0 Å². The molecule has 4 heteroatoms. The number of esters is 1. The molecular formula is C9H13BrO3. The molecule has 0 bridgehead atoms. The average molecular weight is 249 g/mol. The average Bonchev–Trinajstić information content (AvgIpc) is 2.81. The Kier molecular flexibility index (Phi) is 2.60. The molecule has 1 aliphatic carbocycles. The van der Waals surface area contributed by atoms with Gasteiger partial charge >= 0.3 is 5.97 Å². The summed E-state index contributed by atoms with van der Waals surface area (Å²) >= 11 is 3.19. The molecule has 1 aliphatic heterocycles. The maximum absolute atomic E-state index is 11.2. The molecule has 2 rings (SSSR count). The molecule has 0 aromatic heterocycles. The Morgan fingerprint density at radius 2 is 2.31 bits per heavy atom. The van der Waals surface area contributed by atoms with E-state index in [0.29, 0.717) is 12.2 Å². The fraction of sp³-hybridized carbons (Fsp3) is 0.889. The Morgan fingerprint density at radius 1 is 1.54 bits per heavy atom. The lowest BCUT2D eigenvalue weighted by Crippen LogP contribution is -2.27. The molecule has 0 aromatic rings. The van der Waals surface area contributed by atoms with Crippen molar-refractivity contribution in [1.29, 1.82) is 0 Å². The number of epoxide rings is 1. The summed E-state index contributed by atoms with van der Waals surface area (Å²) in [6, 6.07) is 0. The van der Waals surface area contributed by atoms with Crippen molar-refractivity contribution in [3.8, 4) is 0 Å². The molecule has 1 saturated carbocycles. The van der Waals surface area contributed by atoms with Gasteiger partial charge in [-0.25, -0.2) is 0 Å². The van der Waals surface area contributed by atoms with E-state index in [1.165, 1.54) is 0 Å². The van der Waals surface area contributed by atoms with Crippen LogP contribution in [-0.4, -0.2) is 29.1 Å². The molecule has 4 unspecified atom stereocenters. The largest absolute Gasteiger partial charge is 0.461 e. The lowest BCUT2D eigenvalue weighted by atomic mass is 9.98. The molecule has 1 heterocycles. The fourth-order valence-electron chi connectivity index (χ4n) is 1.73. The lowest BCUT2D eigenvalue weighted by Gasteiger charge is -2.20. The van der Waals surface area contributed by atoms with E-state index in [1.54, 1.807) is 6.92 Å². The van der Waals surface area contributed by atoms with Crippen molar-refractivity contribution in [1.82, 2.24) is 0 Å². The molecule has 2 fully saturated rings. The number of carbonyl (C=O) groups is 1. The molecule has 0 radical (unpaired) electrons. The van der Waals surface area contributed by atoms with E-state index >= 15 is 0 Å². The monoisotopic (exact) mass is 248 g/mol. The van der Waals surface area contributed by atoms with Crippen LogP contribution in [0.4, 0.5) is 0 Å². The van der Waals surface area contributed by atoms with E-state index < -0.39 is 0 Å². The minimum Gasteiger partial charge on any atom is -0.461 e. The van der Waals surface area contributed by atoms with Crippen molar-refractivity contribution in [3.63, 3.8) is 0 Å². The second kappa shape index (κ2) is 3.58. The summed E-state index contributed by atoms with van der Waals surface area (Å²) in [6.07, 6.45) is 3.80. The molecular weight excluding hydrogens is 236 g/mol. The third-order valence-electron chi connectivity index (χ3n) is 2.56. The van der Waals surface area contributed by atoms with Gasteiger partial charge < -0.3 is 9.47 Å². The summed E-state index contributed by atoms with van der Waals surface area (Å²) < 4.78 is 10.6. The highest BCUT2D eigenvalue weighted by molar-refractivity contribution is 9.10. The van der Waals surface area contributed by atoms with Gasteiger partial charge in [-0.1, -0.05) is 15.9 Å². The van der Waals surface area contributed by atoms with Crippen LogP contribution in [0.1, 0.15) is 26.2 Å². The molecule has 3 nitrogen and oxygen atoms in total. The Hall–Kier alpha value is -0.0900. The first-order chi connectivity index (χ1) is 6.16. The highest BCUT2D eigenvalue weighted by Crippen LogP contribution is 2.37. The Balaban J connectivity index is 1.78. The van der Waals surface area contributed by atoms with Crippen LogP contribution in [0.3, 0.4) is 0 Å². The normalized spacial score (nSPS) is 39.1. The third kappa shape index (κ3) is 2.23. The van der Waals surface area contributed by atoms with Gasteiger partial charge in [0.2, 0.25) is 0 Å². The number of halogens is 1. The van der Waals surface area contributed by atoms with Crippen molar-refractivity contribution in [2.45, 2.75) is 49.3 Å². The molecule has 74 valence electrons. The van der Waals surface area contributed by atoms with Crippen LogP contribution in [0.15, 0.2) is 0 Å². The van der Waals surface area contributed by atoms with Gasteiger partial charge in [-0.05, 0) is 19.8 Å². The third-order valence-corrected chi connectivity index (χ3v) is 2.94. The van der Waals surface area contributed by atoms with Crippen molar-refractivity contribution in [2.75, 3.05) is 0 Å². The first-order valence-corrected chi connectivity index (χ1v) is 5.58. The summed E-state index contributed by atoms with van der Waals surface area (Å²) in [7, 11) is 0. The minimum atomic E-state index is -0.203. The number of hydrogen-bond acceptors (Lipinski definition) is 3. The maximum atomic E-state index is 11.2. The van der Waals surface area contributed by atoms with Gasteiger partial charge in [-0.2, -0.15) is 0 Å². The summed E-state index contributed by atoms with van der Waals surface area (Å²) in [5.74, 6) is -0.163. The molecule has 2 aliphatic rings. The molecule has 13 heavy (non-hydrogen) atoms. The van der Waals surface area contributed by atoms with E-state index in [-0.39, 0.29) is 16.9 Å². The van der Waals surface area contributed by atoms with E-state index in [2.05, 4.69) is 15.9 Å². The smallest absolute Gasteiger partial charge is 0.319 e. The summed E-state index contributed by atoms with van der Waals surface area (Å²) in [5.41, 5.74) is 0. The van der Waals surface area contributed by atoms with E-state index in [4.69, 9.17) is 9.47 Å². The standard InChI is InChI=1S/C9H13BrO3/c1-5(10)9(11)12-6-2-3-7-8(4-6)13-7/h5-8H,2-4H2,1H3. The van der Waals surface area contributed by atoms with Gasteiger partial charge in [0.25, 0.3) is 0 Å². The van der Waals surface area contributed by atoms with Gasteiger partial charge in [0.15, 0.2) is 0 Å². The zero-order valence-electron chi connectivity index (χ0n) is 7.53. The SMILES string of the molecule is CC(Br)C(=O)OC1CCC2OC2C1. The first kappa shape index (κ1) is 9.46. The van der Waals surface area contributed by atoms with Gasteiger partial charge in [-0.3, -0.25) is 4.79 Å². The van der Waals surface area contributed by atoms with Crippen LogP contribution in [0, 0.1) is 0 Å². The number of ether oxygens (including phenoxy) is 2. The highest BCUT2D eigenvalue weighted by Gasteiger charge is 2.45. The predicted molar refractivity (Wildman–Crippen MR) is 50.8 cm³/mol. The van der Waals surface area contributed by atoms with Crippen molar-refractivity contribution in [2.24, 2.45) is 0 Å². The number of alkyl halides is 1. The van der Waals surface area contributed by atoms with Gasteiger partial charge in [0.1, 0.15) is 10.9 Å². The summed E-state index contributed by atoms with van der Waals surface area (Å²) in [6.45, 7) is 1.78. The number of rotatable bonds is 2. The highest BCUT2D eigenvalue weighted by atomic mass is 79.9. The van der Waals surface area contributed by atoms with E-state index in [9.17, 15) is 4.79 Å². The number of hydrogen-bond donors (Lipinski definition) is 0. The molecule has 0 amide bonds. The zero-order chi connectivity index (χ0) is 9.42. The van der Waals surface area contributed by atoms with Crippen LogP contribution in [0.5, 0.6) is 0 Å². The minimum absolute atomic E-state index is 0.0799. The molecule has 0 aromatic carbocycles. The van der Waals surface area contributed by atoms with Crippen molar-refractivity contribution < 1.29 is 14.3 Å². The van der Waals surface area contributed by atoms with E-state index in [0.717, 1.165) is 19.3 Å². The van der Waals surface area contributed by atoms with Gasteiger partial charge in [0, 0.05) is 6.42 Å². The van der Waals surface area contributed by atoms with Gasteiger partial charge in [0.05, 0.1) is 12.2 Å². The maximum Gasteiger partial charge on any atom is 0.319 e. The molecule has 1 saturated heterocycles. The van der Waals surface area contributed by atoms with Crippen LogP contribution in [0.2, 0.25) is 0 Å². The Labute approximate surface area is 85.9 Å². The molecule has 0 N–H and O–H groups in total. The number of carbonyl (C=O) groups excluding carboxylic acids is 1. The second-order valence-corrected chi connectivity index (χ2v) is 5.07. The van der Waals surface area contributed by atoms with Crippen LogP contribution < -0.4 is 0 Å². The summed E-state index contributed by atoms with van der Waals surface area (Å²) in [4.78, 5) is 11.0. The fourth-order valence-corrected chi connectivity index (χ4v) is 1.84. The first-order valence-electron chi connectivity index (χ1n) is 4.67. The van der Waals surface area contributed by atoms with Crippen LogP contribution in [0.25, 0.3) is 0 Å². The predicted octanol–water partition coefficient (Wildman–Crippen LogP) is 1.63. The van der Waals surface area contributed by atoms with Crippen molar-refractivity contribution in [3.05, 3.63) is 0 Å². The van der Waals surface area contributed by atoms with Crippen LogP contribution >= 0.6 is 15.9 Å². The lowest BCUT2D eigenvalue weighted by molar-refractivity contribution is -0.149. The Morgan fingerprint density at radius 3 is 2.92 bits per heavy atom. The second-order valence-electron chi connectivity index (χ2n) is 3.70. The number of fused-ring (bicyclic) bond motifs is 1. The molecule has 4 atom stereocenters. The van der Waals surface area contributed by atoms with Crippen LogP contribution in [-0.2, 0) is 14.3 Å². The molecule has 0 spiro atoms. The zero-order valence-corrected chi connectivity index (χ0v) is 9.12. The summed E-state index contributed by atoms with van der Waals surface area (Å²) in [5, 5.41) is 0. The Bertz CT molecular complexity index is 217. The quantitative estimate of drug-likeness (QED) is 0.424. The van der Waals surface area contributed by atoms with Crippen molar-refractivity contribution >= 4 is 21.9 Å².